The Kier molecular flexibility index (Phi) is 6.63. The summed E-state index contributed by atoms with van der Waals surface area (Å²) in [5, 5.41) is 2.85. The van der Waals surface area contributed by atoms with E-state index in [4.69, 9.17) is 9.47 Å². The fourth-order valence-corrected chi connectivity index (χ4v) is 2.78. The topological polar surface area (TPSA) is 64.6 Å². The zero-order valence-electron chi connectivity index (χ0n) is 16.4. The van der Waals surface area contributed by atoms with E-state index in [0.717, 1.165) is 11.3 Å². The van der Waals surface area contributed by atoms with Crippen molar-refractivity contribution in [2.24, 2.45) is 0 Å². The minimum Gasteiger partial charge on any atom is -0.497 e. The Labute approximate surface area is 170 Å². The van der Waals surface area contributed by atoms with Gasteiger partial charge in [-0.25, -0.2) is 0 Å². The molecule has 1 amide bonds. The van der Waals surface area contributed by atoms with Gasteiger partial charge in [0.25, 0.3) is 5.91 Å². The number of ketones is 1. The van der Waals surface area contributed by atoms with Crippen molar-refractivity contribution in [3.8, 4) is 11.5 Å². The summed E-state index contributed by atoms with van der Waals surface area (Å²) in [6.07, 6.45) is -0.663. The Bertz CT molecular complexity index is 950. The van der Waals surface area contributed by atoms with Crippen molar-refractivity contribution >= 4 is 11.7 Å². The number of amides is 1. The predicted octanol–water partition coefficient (Wildman–Crippen LogP) is 4.01. The van der Waals surface area contributed by atoms with Gasteiger partial charge in [-0.15, -0.1) is 0 Å². The fourth-order valence-electron chi connectivity index (χ4n) is 2.78. The fraction of sp³-hybridized carbons (Fsp3) is 0.167. The molecule has 1 atom stereocenters. The lowest BCUT2D eigenvalue weighted by atomic mass is 10.0. The van der Waals surface area contributed by atoms with Gasteiger partial charge < -0.3 is 14.8 Å². The number of rotatable bonds is 8. The van der Waals surface area contributed by atoms with Crippen LogP contribution in [-0.2, 0) is 11.3 Å². The normalized spacial score (nSPS) is 11.4. The summed E-state index contributed by atoms with van der Waals surface area (Å²) < 4.78 is 10.8. The first-order chi connectivity index (χ1) is 14.1. The van der Waals surface area contributed by atoms with E-state index in [2.05, 4.69) is 5.32 Å². The van der Waals surface area contributed by atoms with Crippen molar-refractivity contribution in [2.45, 2.75) is 19.6 Å². The molecule has 3 aromatic carbocycles. The Morgan fingerprint density at radius 2 is 1.41 bits per heavy atom. The quantitative estimate of drug-likeness (QED) is 0.591. The van der Waals surface area contributed by atoms with Gasteiger partial charge in [0, 0.05) is 17.7 Å². The Hall–Kier alpha value is -3.60. The van der Waals surface area contributed by atoms with Crippen molar-refractivity contribution in [1.82, 2.24) is 5.32 Å². The van der Waals surface area contributed by atoms with Crippen LogP contribution in [-0.4, -0.2) is 24.9 Å². The summed E-state index contributed by atoms with van der Waals surface area (Å²) in [6.45, 7) is 2.09. The first-order valence-electron chi connectivity index (χ1n) is 9.34. The average molecular weight is 389 g/mol. The molecule has 0 aliphatic rings. The minimum atomic E-state index is -0.663. The molecule has 0 bridgehead atoms. The molecule has 148 valence electrons. The third-order valence-corrected chi connectivity index (χ3v) is 4.46. The van der Waals surface area contributed by atoms with Crippen LogP contribution < -0.4 is 14.8 Å². The van der Waals surface area contributed by atoms with Crippen molar-refractivity contribution in [1.29, 1.82) is 0 Å². The Morgan fingerprint density at radius 1 is 0.828 bits per heavy atom. The van der Waals surface area contributed by atoms with Crippen LogP contribution >= 0.6 is 0 Å². The molecule has 0 heterocycles. The van der Waals surface area contributed by atoms with E-state index in [0.29, 0.717) is 23.4 Å². The molecule has 1 unspecified atom stereocenters. The number of ether oxygens (including phenoxy) is 2. The van der Waals surface area contributed by atoms with E-state index in [-0.39, 0.29) is 11.7 Å². The van der Waals surface area contributed by atoms with E-state index < -0.39 is 6.10 Å². The number of benzene rings is 3. The molecule has 0 spiro atoms. The zero-order chi connectivity index (χ0) is 20.6. The number of nitrogens with one attached hydrogen (secondary N) is 1. The highest BCUT2D eigenvalue weighted by atomic mass is 16.5. The molecule has 0 fully saturated rings. The van der Waals surface area contributed by atoms with Crippen LogP contribution in [0.15, 0.2) is 78.9 Å². The van der Waals surface area contributed by atoms with Gasteiger partial charge in [0.1, 0.15) is 11.5 Å². The smallest absolute Gasteiger partial charge is 0.261 e. The summed E-state index contributed by atoms with van der Waals surface area (Å²) in [5.41, 5.74) is 2.17. The molecule has 29 heavy (non-hydrogen) atoms. The molecule has 0 radical (unpaired) electrons. The van der Waals surface area contributed by atoms with Crippen molar-refractivity contribution in [3.05, 3.63) is 95.6 Å². The molecule has 3 rings (SSSR count). The second-order valence-corrected chi connectivity index (χ2v) is 6.55. The van der Waals surface area contributed by atoms with Gasteiger partial charge in [0.15, 0.2) is 11.9 Å². The Morgan fingerprint density at radius 3 is 2.03 bits per heavy atom. The molecular formula is C24H23NO4. The third-order valence-electron chi connectivity index (χ3n) is 4.46. The predicted molar refractivity (Wildman–Crippen MR) is 111 cm³/mol. The summed E-state index contributed by atoms with van der Waals surface area (Å²) in [7, 11) is 1.61. The van der Waals surface area contributed by atoms with E-state index in [1.807, 2.05) is 42.5 Å². The van der Waals surface area contributed by atoms with Gasteiger partial charge in [0.05, 0.1) is 7.11 Å². The van der Waals surface area contributed by atoms with Crippen molar-refractivity contribution in [2.75, 3.05) is 7.11 Å². The first-order valence-corrected chi connectivity index (χ1v) is 9.34. The van der Waals surface area contributed by atoms with E-state index in [1.165, 1.54) is 0 Å². The summed E-state index contributed by atoms with van der Waals surface area (Å²) in [6, 6.07) is 23.4. The highest BCUT2D eigenvalue weighted by Crippen LogP contribution is 2.17. The molecule has 0 aliphatic carbocycles. The molecule has 0 aromatic heterocycles. The first kappa shape index (κ1) is 20.1. The second kappa shape index (κ2) is 9.55. The highest BCUT2D eigenvalue weighted by Gasteiger charge is 2.15. The van der Waals surface area contributed by atoms with E-state index in [1.54, 1.807) is 50.4 Å². The second-order valence-electron chi connectivity index (χ2n) is 6.55. The van der Waals surface area contributed by atoms with Gasteiger partial charge in [-0.05, 0) is 48.9 Å². The van der Waals surface area contributed by atoms with E-state index >= 15 is 0 Å². The maximum Gasteiger partial charge on any atom is 0.261 e. The van der Waals surface area contributed by atoms with Gasteiger partial charge in [0.2, 0.25) is 0 Å². The van der Waals surface area contributed by atoms with Crippen LogP contribution in [0.25, 0.3) is 0 Å². The molecule has 5 nitrogen and oxygen atoms in total. The maximum absolute atomic E-state index is 12.4. The summed E-state index contributed by atoms with van der Waals surface area (Å²) >= 11 is 0. The largest absolute Gasteiger partial charge is 0.497 e. The molecule has 0 aliphatic heterocycles. The lowest BCUT2D eigenvalue weighted by Gasteiger charge is -2.15. The van der Waals surface area contributed by atoms with Crippen molar-refractivity contribution < 1.29 is 19.1 Å². The van der Waals surface area contributed by atoms with Crippen LogP contribution in [0, 0.1) is 0 Å². The number of hydrogen-bond donors (Lipinski definition) is 1. The van der Waals surface area contributed by atoms with Crippen LogP contribution in [0.1, 0.15) is 28.4 Å². The van der Waals surface area contributed by atoms with Crippen LogP contribution in [0.4, 0.5) is 0 Å². The standard InChI is InChI=1S/C24H23NO4/c1-17(24(27)25-16-18-8-12-21(28-2)13-9-18)29-22-14-10-20(11-15-22)23(26)19-6-4-3-5-7-19/h3-15,17H,16H2,1-2H3,(H,25,27). The van der Waals surface area contributed by atoms with Gasteiger partial charge >= 0.3 is 0 Å². The zero-order valence-corrected chi connectivity index (χ0v) is 16.4. The number of carbonyl (C=O) groups is 2. The number of carbonyl (C=O) groups excluding carboxylic acids is 2. The third kappa shape index (κ3) is 5.45. The molecule has 1 N–H and O–H groups in total. The molecule has 0 saturated carbocycles. The van der Waals surface area contributed by atoms with Gasteiger partial charge in [-0.3, -0.25) is 9.59 Å². The van der Waals surface area contributed by atoms with Gasteiger partial charge in [-0.2, -0.15) is 0 Å². The molecular weight excluding hydrogens is 366 g/mol. The van der Waals surface area contributed by atoms with Gasteiger partial charge in [-0.1, -0.05) is 42.5 Å². The van der Waals surface area contributed by atoms with Crippen molar-refractivity contribution in [3.63, 3.8) is 0 Å². The Balaban J connectivity index is 1.53. The van der Waals surface area contributed by atoms with Crippen LogP contribution in [0.2, 0.25) is 0 Å². The molecule has 0 saturated heterocycles. The number of methoxy groups -OCH3 is 1. The molecule has 5 heteroatoms. The SMILES string of the molecule is COc1ccc(CNC(=O)C(C)Oc2ccc(C(=O)c3ccccc3)cc2)cc1. The monoisotopic (exact) mass is 389 g/mol. The summed E-state index contributed by atoms with van der Waals surface area (Å²) in [4.78, 5) is 24.7. The van der Waals surface area contributed by atoms with E-state index in [9.17, 15) is 9.59 Å². The lowest BCUT2D eigenvalue weighted by molar-refractivity contribution is -0.127. The minimum absolute atomic E-state index is 0.0533. The van der Waals surface area contributed by atoms with Crippen LogP contribution in [0.5, 0.6) is 11.5 Å². The maximum atomic E-state index is 12.4. The van der Waals surface area contributed by atoms with Crippen LogP contribution in [0.3, 0.4) is 0 Å². The molecule has 3 aromatic rings. The lowest BCUT2D eigenvalue weighted by Crippen LogP contribution is -2.35. The average Bonchev–Trinajstić information content (AvgIpc) is 2.78. The summed E-state index contributed by atoms with van der Waals surface area (Å²) in [5.74, 6) is 1.03. The number of hydrogen-bond acceptors (Lipinski definition) is 4. The highest BCUT2D eigenvalue weighted by molar-refractivity contribution is 6.08.